The normalized spacial score (nSPS) is 14.5. The number of carbonyl (C=O) groups is 2. The third kappa shape index (κ3) is 7.42. The van der Waals surface area contributed by atoms with E-state index in [0.717, 1.165) is 16.6 Å². The van der Waals surface area contributed by atoms with Crippen LogP contribution in [-0.2, 0) is 20.7 Å². The number of carbonyl (C=O) groups excluding carboxylic acids is 2. The molecule has 2 aromatic carbocycles. The molecule has 2 unspecified atom stereocenters. The van der Waals surface area contributed by atoms with Gasteiger partial charge in [-0.15, -0.1) is 6.58 Å². The fourth-order valence-electron chi connectivity index (χ4n) is 4.48. The molecule has 198 valence electrons. The summed E-state index contributed by atoms with van der Waals surface area (Å²) in [6.45, 7) is 15.3. The molecule has 0 aliphatic heterocycles. The van der Waals surface area contributed by atoms with E-state index in [1.807, 2.05) is 39.0 Å². The Morgan fingerprint density at radius 3 is 2.51 bits per heavy atom. The van der Waals surface area contributed by atoms with Gasteiger partial charge in [0.2, 0.25) is 5.91 Å². The molecule has 0 bridgehead atoms. The summed E-state index contributed by atoms with van der Waals surface area (Å²) in [5.74, 6) is -1.04. The van der Waals surface area contributed by atoms with Crippen LogP contribution in [0.2, 0.25) is 0 Å². The average molecular weight is 507 g/mol. The second kappa shape index (κ2) is 14.2. The Bertz CT molecular complexity index is 1260. The molecule has 0 spiro atoms. The van der Waals surface area contributed by atoms with Crippen LogP contribution in [0.25, 0.3) is 16.5 Å². The zero-order chi connectivity index (χ0) is 27.5. The second-order valence-corrected chi connectivity index (χ2v) is 8.66. The average Bonchev–Trinajstić information content (AvgIpc) is 3.39. The number of amides is 1. The van der Waals surface area contributed by atoms with Crippen LogP contribution in [0.3, 0.4) is 0 Å². The topological polar surface area (TPSA) is 71.2 Å². The fourth-order valence-corrected chi connectivity index (χ4v) is 4.48. The van der Waals surface area contributed by atoms with Crippen LogP contribution in [0.15, 0.2) is 66.8 Å². The first-order chi connectivity index (χ1) is 17.8. The summed E-state index contributed by atoms with van der Waals surface area (Å²) < 4.78 is 18.7. The maximum Gasteiger partial charge on any atom is 0.329 e. The van der Waals surface area contributed by atoms with Crippen molar-refractivity contribution in [2.24, 2.45) is 0 Å². The van der Waals surface area contributed by atoms with E-state index in [1.54, 1.807) is 19.1 Å². The van der Waals surface area contributed by atoms with Gasteiger partial charge in [-0.2, -0.15) is 0 Å². The van der Waals surface area contributed by atoms with E-state index >= 15 is 0 Å². The predicted octanol–water partition coefficient (Wildman–Crippen LogP) is 7.10. The van der Waals surface area contributed by atoms with Crippen LogP contribution in [0, 0.1) is 5.82 Å². The molecular weight excluding hydrogens is 467 g/mol. The molecular formula is C31H39FN2O3. The summed E-state index contributed by atoms with van der Waals surface area (Å²) in [4.78, 5) is 28.7. The van der Waals surface area contributed by atoms with Crippen molar-refractivity contribution in [1.82, 2.24) is 10.3 Å². The lowest BCUT2D eigenvalue weighted by atomic mass is 9.92. The Morgan fingerprint density at radius 2 is 1.84 bits per heavy atom. The predicted molar refractivity (Wildman–Crippen MR) is 150 cm³/mol. The number of aromatic amines is 1. The van der Waals surface area contributed by atoms with E-state index in [1.165, 1.54) is 28.8 Å². The number of fused-ring (bicyclic) bond motifs is 2. The van der Waals surface area contributed by atoms with Gasteiger partial charge in [-0.1, -0.05) is 49.8 Å². The molecule has 0 saturated heterocycles. The second-order valence-electron chi connectivity index (χ2n) is 8.66. The van der Waals surface area contributed by atoms with Crippen LogP contribution in [0.1, 0.15) is 70.7 Å². The van der Waals surface area contributed by atoms with Crippen molar-refractivity contribution < 1.29 is 18.7 Å². The molecule has 2 atom stereocenters. The van der Waals surface area contributed by atoms with Crippen LogP contribution < -0.4 is 5.32 Å². The van der Waals surface area contributed by atoms with Crippen molar-refractivity contribution in [3.05, 3.63) is 89.4 Å². The van der Waals surface area contributed by atoms with E-state index in [9.17, 15) is 14.0 Å². The first kappa shape index (κ1) is 29.6. The fraction of sp³-hybridized carbons (Fsp3) is 0.355. The smallest absolute Gasteiger partial charge is 0.329 e. The van der Waals surface area contributed by atoms with Crippen molar-refractivity contribution in [2.45, 2.75) is 66.3 Å². The van der Waals surface area contributed by atoms with Crippen molar-refractivity contribution in [3.8, 4) is 0 Å². The molecule has 6 heteroatoms. The third-order valence-electron chi connectivity index (χ3n) is 6.21. The highest BCUT2D eigenvalue weighted by Gasteiger charge is 2.30. The summed E-state index contributed by atoms with van der Waals surface area (Å²) in [6.07, 6.45) is 2.24. The van der Waals surface area contributed by atoms with Crippen LogP contribution in [-0.4, -0.2) is 29.5 Å². The van der Waals surface area contributed by atoms with Crippen LogP contribution >= 0.6 is 0 Å². The van der Waals surface area contributed by atoms with Crippen molar-refractivity contribution in [3.63, 3.8) is 0 Å². The summed E-state index contributed by atoms with van der Waals surface area (Å²) in [6, 6.07) is 13.6. The highest BCUT2D eigenvalue weighted by Crippen LogP contribution is 2.43. The summed E-state index contributed by atoms with van der Waals surface area (Å²) in [5.41, 5.74) is 6.06. The minimum absolute atomic E-state index is 0.00917. The quantitative estimate of drug-likeness (QED) is 0.265. The van der Waals surface area contributed by atoms with Crippen molar-refractivity contribution >= 4 is 28.4 Å². The molecule has 1 heterocycles. The number of esters is 1. The van der Waals surface area contributed by atoms with Gasteiger partial charge in [0, 0.05) is 30.0 Å². The van der Waals surface area contributed by atoms with Gasteiger partial charge < -0.3 is 15.0 Å². The van der Waals surface area contributed by atoms with Crippen molar-refractivity contribution in [2.75, 3.05) is 6.61 Å². The minimum Gasteiger partial charge on any atom is -0.464 e. The summed E-state index contributed by atoms with van der Waals surface area (Å²) >= 11 is 0. The lowest BCUT2D eigenvalue weighted by Crippen LogP contribution is -2.43. The molecule has 3 aromatic rings. The monoisotopic (exact) mass is 506 g/mol. The number of ether oxygens (including phenoxy) is 1. The highest BCUT2D eigenvalue weighted by atomic mass is 19.1. The zero-order valence-electron chi connectivity index (χ0n) is 22.8. The van der Waals surface area contributed by atoms with E-state index in [-0.39, 0.29) is 37.1 Å². The number of nitrogens with one attached hydrogen (secondary N) is 2. The summed E-state index contributed by atoms with van der Waals surface area (Å²) in [5, 5.41) is 3.71. The Hall–Kier alpha value is -3.67. The molecule has 1 aliphatic carbocycles. The van der Waals surface area contributed by atoms with Gasteiger partial charge in [0.1, 0.15) is 11.9 Å². The third-order valence-corrected chi connectivity index (χ3v) is 6.21. The number of hydrogen-bond acceptors (Lipinski definition) is 3. The number of rotatable bonds is 7. The number of allylic oxidation sites excluding steroid dienone is 3. The van der Waals surface area contributed by atoms with Crippen molar-refractivity contribution in [1.29, 1.82) is 0 Å². The van der Waals surface area contributed by atoms with Gasteiger partial charge in [-0.25, -0.2) is 9.18 Å². The maximum absolute atomic E-state index is 13.5. The Morgan fingerprint density at radius 1 is 1.16 bits per heavy atom. The first-order valence-electron chi connectivity index (χ1n) is 12.9. The Labute approximate surface area is 219 Å². The molecule has 5 nitrogen and oxygen atoms in total. The molecule has 1 aromatic heterocycles. The maximum atomic E-state index is 13.5. The molecule has 1 aliphatic rings. The SMILES string of the molecule is C=CC.CC.CCOC(=O)C(Cc1cc2ccc(F)cc2[nH]1)NC(=O)CC1C(C)=C(C)c2ccccc21. The van der Waals surface area contributed by atoms with Gasteiger partial charge >= 0.3 is 5.97 Å². The molecule has 0 saturated carbocycles. The van der Waals surface area contributed by atoms with E-state index in [0.29, 0.717) is 5.52 Å². The lowest BCUT2D eigenvalue weighted by Gasteiger charge is -2.19. The Kier molecular flexibility index (Phi) is 11.3. The van der Waals surface area contributed by atoms with Gasteiger partial charge in [0.25, 0.3) is 0 Å². The van der Waals surface area contributed by atoms with E-state index in [2.05, 4.69) is 42.9 Å². The lowest BCUT2D eigenvalue weighted by molar-refractivity contribution is -0.147. The molecule has 4 rings (SSSR count). The van der Waals surface area contributed by atoms with Gasteiger partial charge in [0.15, 0.2) is 0 Å². The Balaban J connectivity index is 0.000000898. The standard InChI is InChI=1S/C26H27FN2O3.C3H6.C2H6/c1-4-32-26(31)24(13-19-11-17-9-10-18(27)12-23(17)28-19)29-25(30)14-22-16(3)15(2)20-7-5-6-8-21(20)22;1-3-2;1-2/h5-12,22,24,28H,4,13-14H2,1-3H3,(H,29,30);3H,1H2,2H3;1-2H3. The number of benzene rings is 2. The molecule has 0 radical (unpaired) electrons. The number of aromatic nitrogens is 1. The zero-order valence-corrected chi connectivity index (χ0v) is 22.8. The van der Waals surface area contributed by atoms with Gasteiger partial charge in [-0.3, -0.25) is 4.79 Å². The molecule has 2 N–H and O–H groups in total. The molecule has 1 amide bonds. The number of hydrogen-bond donors (Lipinski definition) is 2. The largest absolute Gasteiger partial charge is 0.464 e. The summed E-state index contributed by atoms with van der Waals surface area (Å²) in [7, 11) is 0. The number of H-pyrrole nitrogens is 1. The minimum atomic E-state index is -0.831. The van der Waals surface area contributed by atoms with Crippen LogP contribution in [0.5, 0.6) is 0 Å². The first-order valence-corrected chi connectivity index (χ1v) is 12.9. The van der Waals surface area contributed by atoms with E-state index < -0.39 is 12.0 Å². The van der Waals surface area contributed by atoms with Gasteiger partial charge in [-0.05, 0) is 74.0 Å². The van der Waals surface area contributed by atoms with Gasteiger partial charge in [0.05, 0.1) is 6.61 Å². The number of halogens is 1. The van der Waals surface area contributed by atoms with E-state index in [4.69, 9.17) is 4.74 Å². The molecule has 37 heavy (non-hydrogen) atoms. The highest BCUT2D eigenvalue weighted by molar-refractivity contribution is 5.87. The van der Waals surface area contributed by atoms with Crippen LogP contribution in [0.4, 0.5) is 4.39 Å². The molecule has 0 fully saturated rings.